The largest absolute Gasteiger partial charge is 0.370 e. The normalized spacial score (nSPS) is 20.4. The summed E-state index contributed by atoms with van der Waals surface area (Å²) in [5.41, 5.74) is 5.15. The Hall–Kier alpha value is -2.97. The molecule has 6 rings (SSSR count). The average Bonchev–Trinajstić information content (AvgIpc) is 3.71. The van der Waals surface area contributed by atoms with Gasteiger partial charge in [-0.3, -0.25) is 9.78 Å². The molecule has 0 bridgehead atoms. The molecular formula is C30H40N6O2. The molecule has 3 aliphatic rings. The van der Waals surface area contributed by atoms with Crippen molar-refractivity contribution in [3.05, 3.63) is 48.4 Å². The predicted octanol–water partition coefficient (Wildman–Crippen LogP) is 4.19. The van der Waals surface area contributed by atoms with Gasteiger partial charge in [-0.2, -0.15) is 5.10 Å². The summed E-state index contributed by atoms with van der Waals surface area (Å²) in [5, 5.41) is 4.58. The fourth-order valence-corrected chi connectivity index (χ4v) is 6.19. The van der Waals surface area contributed by atoms with E-state index in [1.807, 2.05) is 21.8 Å². The number of fused-ring (bicyclic) bond motifs is 1. The fraction of sp³-hybridized carbons (Fsp3) is 0.567. The van der Waals surface area contributed by atoms with E-state index in [4.69, 9.17) is 9.72 Å². The molecule has 0 spiro atoms. The third-order valence-electron chi connectivity index (χ3n) is 8.69. The number of carbonyl (C=O) groups is 1. The molecule has 38 heavy (non-hydrogen) atoms. The first-order chi connectivity index (χ1) is 18.5. The maximum Gasteiger partial charge on any atom is 0.225 e. The number of hydrogen-bond donors (Lipinski definition) is 0. The average molecular weight is 517 g/mol. The molecule has 0 radical (unpaired) electrons. The van der Waals surface area contributed by atoms with Crippen LogP contribution in [-0.4, -0.2) is 82.2 Å². The molecule has 2 aliphatic heterocycles. The number of aromatic nitrogens is 3. The van der Waals surface area contributed by atoms with Gasteiger partial charge in [-0.25, -0.2) is 4.52 Å². The number of pyridine rings is 1. The van der Waals surface area contributed by atoms with Gasteiger partial charge in [0.05, 0.1) is 22.5 Å². The minimum absolute atomic E-state index is 0.255. The Morgan fingerprint density at radius 3 is 2.47 bits per heavy atom. The number of rotatable bonds is 7. The number of amides is 1. The number of carbonyl (C=O) groups excluding carboxylic acids is 1. The number of piperazine rings is 1. The molecular weight excluding hydrogens is 476 g/mol. The van der Waals surface area contributed by atoms with Crippen LogP contribution in [0.3, 0.4) is 0 Å². The van der Waals surface area contributed by atoms with Gasteiger partial charge in [0.25, 0.3) is 0 Å². The summed E-state index contributed by atoms with van der Waals surface area (Å²) in [4.78, 5) is 24.3. The van der Waals surface area contributed by atoms with Crippen LogP contribution in [0.5, 0.6) is 0 Å². The molecule has 0 atom stereocenters. The molecule has 2 saturated heterocycles. The van der Waals surface area contributed by atoms with E-state index >= 15 is 0 Å². The Bertz CT molecular complexity index is 1270. The molecule has 1 saturated carbocycles. The molecule has 202 valence electrons. The molecule has 0 N–H and O–H groups in total. The molecule has 5 heterocycles. The smallest absolute Gasteiger partial charge is 0.225 e. The Balaban J connectivity index is 1.20. The van der Waals surface area contributed by atoms with Crippen molar-refractivity contribution in [2.45, 2.75) is 58.1 Å². The van der Waals surface area contributed by atoms with Gasteiger partial charge in [-0.15, -0.1) is 0 Å². The number of hydrogen-bond acceptors (Lipinski definition) is 6. The lowest BCUT2D eigenvalue weighted by molar-refractivity contribution is -0.132. The number of anilines is 1. The second-order valence-corrected chi connectivity index (χ2v) is 11.4. The summed E-state index contributed by atoms with van der Waals surface area (Å²) >= 11 is 0. The molecule has 8 heteroatoms. The first kappa shape index (κ1) is 25.3. The van der Waals surface area contributed by atoms with Gasteiger partial charge >= 0.3 is 0 Å². The van der Waals surface area contributed by atoms with E-state index in [2.05, 4.69) is 66.1 Å². The first-order valence-electron chi connectivity index (χ1n) is 14.3. The highest BCUT2D eigenvalue weighted by Gasteiger charge is 2.38. The van der Waals surface area contributed by atoms with Crippen molar-refractivity contribution in [3.8, 4) is 11.3 Å². The van der Waals surface area contributed by atoms with Crippen LogP contribution in [0.4, 0.5) is 5.69 Å². The monoisotopic (exact) mass is 516 g/mol. The summed E-state index contributed by atoms with van der Waals surface area (Å²) in [5.74, 6) is 0.637. The molecule has 8 nitrogen and oxygen atoms in total. The van der Waals surface area contributed by atoms with Crippen LogP contribution in [0.2, 0.25) is 0 Å². The first-order valence-corrected chi connectivity index (χ1v) is 14.3. The van der Waals surface area contributed by atoms with Crippen LogP contribution in [0.25, 0.3) is 16.8 Å². The van der Waals surface area contributed by atoms with E-state index in [0.717, 1.165) is 87.4 Å². The Morgan fingerprint density at radius 1 is 1.08 bits per heavy atom. The van der Waals surface area contributed by atoms with Gasteiger partial charge in [0.15, 0.2) is 0 Å². The zero-order valence-corrected chi connectivity index (χ0v) is 23.0. The molecule has 0 unspecified atom stereocenters. The van der Waals surface area contributed by atoms with Crippen LogP contribution in [-0.2, 0) is 15.1 Å². The fourth-order valence-electron chi connectivity index (χ4n) is 6.19. The lowest BCUT2D eigenvalue weighted by Gasteiger charge is -2.43. The molecule has 1 amide bonds. The zero-order chi connectivity index (χ0) is 26.3. The van der Waals surface area contributed by atoms with Crippen molar-refractivity contribution in [3.63, 3.8) is 0 Å². The van der Waals surface area contributed by atoms with Crippen molar-refractivity contribution in [2.75, 3.05) is 50.8 Å². The number of likely N-dealkylation sites (tertiary alicyclic amines) is 1. The highest BCUT2D eigenvalue weighted by atomic mass is 16.5. The SMILES string of the molecule is CCOC1(c2ccc(-c3cc4c(N5CCN(C(=O)C6CC6)CC5)ccnn4c3)nc2)CCN(C(C)C)CC1. The van der Waals surface area contributed by atoms with Gasteiger partial charge < -0.3 is 19.4 Å². The topological polar surface area (TPSA) is 66.2 Å². The second kappa shape index (κ2) is 10.3. The van der Waals surface area contributed by atoms with Gasteiger partial charge in [0, 0.05) is 87.6 Å². The van der Waals surface area contributed by atoms with Gasteiger partial charge in [0.1, 0.15) is 0 Å². The van der Waals surface area contributed by atoms with E-state index in [1.54, 1.807) is 0 Å². The Labute approximate surface area is 225 Å². The van der Waals surface area contributed by atoms with Gasteiger partial charge in [-0.05, 0) is 64.7 Å². The number of piperidine rings is 1. The third-order valence-corrected chi connectivity index (χ3v) is 8.69. The maximum atomic E-state index is 12.5. The highest BCUT2D eigenvalue weighted by Crippen LogP contribution is 2.38. The van der Waals surface area contributed by atoms with Crippen LogP contribution in [0.15, 0.2) is 42.9 Å². The Kier molecular flexibility index (Phi) is 6.86. The molecule has 1 aliphatic carbocycles. The van der Waals surface area contributed by atoms with E-state index in [0.29, 0.717) is 18.6 Å². The maximum absolute atomic E-state index is 12.5. The summed E-state index contributed by atoms with van der Waals surface area (Å²) < 4.78 is 8.34. The van der Waals surface area contributed by atoms with Crippen molar-refractivity contribution < 1.29 is 9.53 Å². The van der Waals surface area contributed by atoms with E-state index in [9.17, 15) is 4.79 Å². The summed E-state index contributed by atoms with van der Waals surface area (Å²) in [6.07, 6.45) is 10.0. The van der Waals surface area contributed by atoms with Crippen LogP contribution in [0, 0.1) is 5.92 Å². The molecule has 3 aromatic heterocycles. The van der Waals surface area contributed by atoms with E-state index < -0.39 is 0 Å². The molecule has 3 aromatic rings. The quantitative estimate of drug-likeness (QED) is 0.469. The second-order valence-electron chi connectivity index (χ2n) is 11.4. The Morgan fingerprint density at radius 2 is 1.84 bits per heavy atom. The standard InChI is InChI=1S/C30H40N6O2/c1-4-38-30(10-13-33(14-11-30)22(2)3)25-7-8-26(31-20-25)24-19-28-27(9-12-32-36(28)21-24)34-15-17-35(18-16-34)29(37)23-5-6-23/h7-9,12,19-23H,4-6,10-11,13-18H2,1-3H3. The summed E-state index contributed by atoms with van der Waals surface area (Å²) in [6.45, 7) is 12.7. The van der Waals surface area contributed by atoms with Crippen molar-refractivity contribution in [2.24, 2.45) is 5.92 Å². The van der Waals surface area contributed by atoms with E-state index in [1.165, 1.54) is 5.56 Å². The number of ether oxygens (including phenoxy) is 1. The predicted molar refractivity (Wildman–Crippen MR) is 149 cm³/mol. The van der Waals surface area contributed by atoms with E-state index in [-0.39, 0.29) is 11.5 Å². The van der Waals surface area contributed by atoms with Gasteiger partial charge in [0.2, 0.25) is 5.91 Å². The van der Waals surface area contributed by atoms with Crippen LogP contribution >= 0.6 is 0 Å². The van der Waals surface area contributed by atoms with Crippen LogP contribution in [0.1, 0.15) is 52.0 Å². The summed E-state index contributed by atoms with van der Waals surface area (Å²) in [6, 6.07) is 9.17. The minimum atomic E-state index is -0.255. The van der Waals surface area contributed by atoms with Crippen molar-refractivity contribution in [1.29, 1.82) is 0 Å². The third kappa shape index (κ3) is 4.80. The van der Waals surface area contributed by atoms with Crippen LogP contribution < -0.4 is 4.90 Å². The zero-order valence-electron chi connectivity index (χ0n) is 23.0. The highest BCUT2D eigenvalue weighted by molar-refractivity contribution is 5.82. The van der Waals surface area contributed by atoms with Gasteiger partial charge in [-0.1, -0.05) is 6.07 Å². The van der Waals surface area contributed by atoms with Crippen molar-refractivity contribution >= 4 is 17.1 Å². The van der Waals surface area contributed by atoms with Crippen molar-refractivity contribution in [1.82, 2.24) is 24.4 Å². The lowest BCUT2D eigenvalue weighted by Crippen LogP contribution is -2.49. The molecule has 3 fully saturated rings. The molecule has 0 aromatic carbocycles. The minimum Gasteiger partial charge on any atom is -0.370 e. The number of nitrogens with zero attached hydrogens (tertiary/aromatic N) is 6. The summed E-state index contributed by atoms with van der Waals surface area (Å²) in [7, 11) is 0. The lowest BCUT2D eigenvalue weighted by atomic mass is 9.84.